The average Bonchev–Trinajstić information content (AvgIpc) is 3.10. The van der Waals surface area contributed by atoms with E-state index in [4.69, 9.17) is 9.84 Å². The van der Waals surface area contributed by atoms with Crippen molar-refractivity contribution in [2.45, 2.75) is 5.92 Å². The van der Waals surface area contributed by atoms with Gasteiger partial charge in [-0.25, -0.2) is 4.79 Å². The molecular weight excluding hydrogens is 547 g/mol. The third kappa shape index (κ3) is 4.25. The first kappa shape index (κ1) is 22.4. The summed E-state index contributed by atoms with van der Waals surface area (Å²) in [4.78, 5) is 37.8. The molecule has 0 bridgehead atoms. The van der Waals surface area contributed by atoms with Crippen molar-refractivity contribution in [3.8, 4) is 11.1 Å². The van der Waals surface area contributed by atoms with Crippen LogP contribution in [0.4, 0.5) is 10.5 Å². The molecule has 7 nitrogen and oxygen atoms in total. The van der Waals surface area contributed by atoms with Crippen molar-refractivity contribution < 1.29 is 24.2 Å². The van der Waals surface area contributed by atoms with Crippen LogP contribution in [0.5, 0.6) is 0 Å². The molecule has 1 aliphatic heterocycles. The largest absolute Gasteiger partial charge is 0.481 e. The normalized spacial score (nSPS) is 14.7. The van der Waals surface area contributed by atoms with Gasteiger partial charge in [-0.2, -0.15) is 0 Å². The van der Waals surface area contributed by atoms with Gasteiger partial charge in [-0.3, -0.25) is 14.9 Å². The monoisotopic (exact) mass is 568 g/mol. The lowest BCUT2D eigenvalue weighted by atomic mass is 9.98. The molecule has 0 atom stereocenters. The molecule has 172 valence electrons. The molecule has 1 aliphatic carbocycles. The number of anilines is 1. The number of carboxylic acid groups (broad SMARTS) is 1. The van der Waals surface area contributed by atoms with Crippen molar-refractivity contribution in [2.75, 3.05) is 25.0 Å². The van der Waals surface area contributed by atoms with E-state index in [0.717, 1.165) is 25.8 Å². The number of halogens is 1. The number of fused-ring (bicyclic) bond motifs is 3. The highest BCUT2D eigenvalue weighted by Crippen LogP contribution is 2.44. The first-order valence-electron chi connectivity index (χ1n) is 10.9. The van der Waals surface area contributed by atoms with Gasteiger partial charge in [-0.05, 0) is 63.0 Å². The Bertz CT molecular complexity index is 1260. The number of rotatable bonds is 5. The number of likely N-dealkylation sites (tertiary alicyclic amines) is 1. The van der Waals surface area contributed by atoms with Crippen molar-refractivity contribution in [1.82, 2.24) is 4.90 Å². The van der Waals surface area contributed by atoms with Gasteiger partial charge in [-0.1, -0.05) is 48.5 Å². The number of carboxylic acids is 1. The van der Waals surface area contributed by atoms with Crippen molar-refractivity contribution in [1.29, 1.82) is 0 Å². The topological polar surface area (TPSA) is 95.9 Å². The Balaban J connectivity index is 1.25. The summed E-state index contributed by atoms with van der Waals surface area (Å²) in [6.07, 6.45) is -0.600. The van der Waals surface area contributed by atoms with Crippen LogP contribution in [0.1, 0.15) is 27.4 Å². The van der Waals surface area contributed by atoms with Crippen LogP contribution in [0.3, 0.4) is 0 Å². The maximum absolute atomic E-state index is 12.7. The number of aliphatic carboxylic acids is 1. The lowest BCUT2D eigenvalue weighted by molar-refractivity contribution is -0.146. The molecule has 5 rings (SSSR count). The highest BCUT2D eigenvalue weighted by molar-refractivity contribution is 14.1. The highest BCUT2D eigenvalue weighted by Gasteiger charge is 2.36. The van der Waals surface area contributed by atoms with E-state index in [0.29, 0.717) is 11.3 Å². The predicted octanol–water partition coefficient (Wildman–Crippen LogP) is 4.81. The minimum Gasteiger partial charge on any atom is -0.481 e. The molecule has 0 saturated carbocycles. The summed E-state index contributed by atoms with van der Waals surface area (Å²) in [5, 5.41) is 11.7. The Labute approximate surface area is 209 Å². The number of benzene rings is 3. The van der Waals surface area contributed by atoms with Crippen molar-refractivity contribution in [3.05, 3.63) is 87.0 Å². The Morgan fingerprint density at radius 2 is 1.59 bits per heavy atom. The van der Waals surface area contributed by atoms with E-state index in [-0.39, 0.29) is 31.5 Å². The average molecular weight is 568 g/mol. The second-order valence-electron chi connectivity index (χ2n) is 8.42. The van der Waals surface area contributed by atoms with Crippen LogP contribution in [0.2, 0.25) is 0 Å². The van der Waals surface area contributed by atoms with Crippen molar-refractivity contribution in [2.24, 2.45) is 5.92 Å². The van der Waals surface area contributed by atoms with Crippen LogP contribution < -0.4 is 5.32 Å². The zero-order valence-electron chi connectivity index (χ0n) is 18.0. The quantitative estimate of drug-likeness (QED) is 0.431. The van der Waals surface area contributed by atoms with Gasteiger partial charge in [0, 0.05) is 33.8 Å². The van der Waals surface area contributed by atoms with Gasteiger partial charge < -0.3 is 14.7 Å². The van der Waals surface area contributed by atoms with E-state index in [2.05, 4.69) is 52.2 Å². The second kappa shape index (κ2) is 9.09. The molecule has 34 heavy (non-hydrogen) atoms. The number of carbonyl (C=O) groups excluding carboxylic acids is 2. The third-order valence-corrected chi connectivity index (χ3v) is 6.88. The summed E-state index contributed by atoms with van der Waals surface area (Å²) in [5.74, 6) is -1.72. The van der Waals surface area contributed by atoms with Gasteiger partial charge in [0.05, 0.1) is 5.92 Å². The van der Waals surface area contributed by atoms with Gasteiger partial charge in [0.1, 0.15) is 6.61 Å². The van der Waals surface area contributed by atoms with Crippen LogP contribution in [0.15, 0.2) is 66.7 Å². The summed E-state index contributed by atoms with van der Waals surface area (Å²) in [5.41, 5.74) is 5.42. The molecule has 0 aromatic heterocycles. The zero-order chi connectivity index (χ0) is 23.8. The van der Waals surface area contributed by atoms with Gasteiger partial charge >= 0.3 is 12.1 Å². The lowest BCUT2D eigenvalue weighted by Crippen LogP contribution is -2.53. The summed E-state index contributed by atoms with van der Waals surface area (Å²) < 4.78 is 6.36. The number of nitrogens with zero attached hydrogens (tertiary/aromatic N) is 1. The van der Waals surface area contributed by atoms with Gasteiger partial charge in [-0.15, -0.1) is 0 Å². The van der Waals surface area contributed by atoms with E-state index in [1.807, 2.05) is 24.3 Å². The minimum atomic E-state index is -0.899. The Morgan fingerprint density at radius 3 is 2.21 bits per heavy atom. The van der Waals surface area contributed by atoms with E-state index in [1.165, 1.54) is 4.90 Å². The summed E-state index contributed by atoms with van der Waals surface area (Å²) >= 11 is 2.08. The molecule has 0 unspecified atom stereocenters. The first-order valence-corrected chi connectivity index (χ1v) is 11.9. The van der Waals surface area contributed by atoms with Crippen LogP contribution >= 0.6 is 22.6 Å². The summed E-state index contributed by atoms with van der Waals surface area (Å²) in [6, 6.07) is 21.3. The lowest BCUT2D eigenvalue weighted by Gasteiger charge is -2.36. The molecule has 2 amide bonds. The fraction of sp³-hybridized carbons (Fsp3) is 0.192. The molecule has 8 heteroatoms. The zero-order valence-corrected chi connectivity index (χ0v) is 20.2. The fourth-order valence-electron chi connectivity index (χ4n) is 4.52. The van der Waals surface area contributed by atoms with Crippen LogP contribution in [-0.2, 0) is 9.53 Å². The van der Waals surface area contributed by atoms with Crippen molar-refractivity contribution >= 4 is 46.2 Å². The van der Waals surface area contributed by atoms with E-state index >= 15 is 0 Å². The summed E-state index contributed by atoms with van der Waals surface area (Å²) in [7, 11) is 0. The molecule has 0 spiro atoms. The standard InChI is InChI=1S/C26H21IN2O5/c27-17-9-15(24(30)29-12-16(13-29)25(31)32)10-18(11-17)28-26(33)34-14-23-21-7-3-1-5-19(21)20-6-2-4-8-22(20)23/h1-11,16,23H,12-14H2,(H,28,33)(H,31,32). The smallest absolute Gasteiger partial charge is 0.411 e. The minimum absolute atomic E-state index is 0.0419. The molecule has 1 heterocycles. The van der Waals surface area contributed by atoms with E-state index < -0.39 is 18.0 Å². The molecular formula is C26H21IN2O5. The Hall–Kier alpha value is -3.40. The van der Waals surface area contributed by atoms with Gasteiger partial charge in [0.25, 0.3) is 5.91 Å². The van der Waals surface area contributed by atoms with Crippen LogP contribution in [-0.4, -0.2) is 47.7 Å². The van der Waals surface area contributed by atoms with Gasteiger partial charge in [0.15, 0.2) is 0 Å². The third-order valence-electron chi connectivity index (χ3n) is 6.25. The molecule has 3 aromatic carbocycles. The molecule has 2 N–H and O–H groups in total. The SMILES string of the molecule is O=C(Nc1cc(I)cc(C(=O)N2CC(C(=O)O)C2)c1)OCC1c2ccccc2-c2ccccc21. The molecule has 2 aliphatic rings. The summed E-state index contributed by atoms with van der Waals surface area (Å²) in [6.45, 7) is 0.573. The number of hydrogen-bond donors (Lipinski definition) is 2. The maximum atomic E-state index is 12.7. The second-order valence-corrected chi connectivity index (χ2v) is 9.67. The first-order chi connectivity index (χ1) is 16.4. The maximum Gasteiger partial charge on any atom is 0.411 e. The number of nitrogens with one attached hydrogen (secondary N) is 1. The predicted molar refractivity (Wildman–Crippen MR) is 135 cm³/mol. The molecule has 3 aromatic rings. The van der Waals surface area contributed by atoms with E-state index in [1.54, 1.807) is 18.2 Å². The number of amides is 2. The van der Waals surface area contributed by atoms with Crippen LogP contribution in [0.25, 0.3) is 11.1 Å². The van der Waals surface area contributed by atoms with Crippen LogP contribution in [0, 0.1) is 9.49 Å². The molecule has 0 radical (unpaired) electrons. The fourth-order valence-corrected chi connectivity index (χ4v) is 5.19. The van der Waals surface area contributed by atoms with Crippen molar-refractivity contribution in [3.63, 3.8) is 0 Å². The van der Waals surface area contributed by atoms with Gasteiger partial charge in [0.2, 0.25) is 0 Å². The Kier molecular flexibility index (Phi) is 5.99. The molecule has 1 fully saturated rings. The number of hydrogen-bond acceptors (Lipinski definition) is 4. The highest BCUT2D eigenvalue weighted by atomic mass is 127. The Morgan fingerprint density at radius 1 is 0.971 bits per heavy atom. The number of ether oxygens (including phenoxy) is 1. The number of carbonyl (C=O) groups is 3. The molecule has 1 saturated heterocycles. The van der Waals surface area contributed by atoms with E-state index in [9.17, 15) is 14.4 Å².